The van der Waals surface area contributed by atoms with Gasteiger partial charge in [-0.05, 0) is 36.6 Å². The van der Waals surface area contributed by atoms with Crippen LogP contribution in [0.1, 0.15) is 29.0 Å². The average Bonchev–Trinajstić information content (AvgIpc) is 3.01. The second kappa shape index (κ2) is 9.02. The van der Waals surface area contributed by atoms with Crippen LogP contribution in [0.4, 0.5) is 5.69 Å². The Hall–Kier alpha value is -2.97. The Bertz CT molecular complexity index is 1030. The van der Waals surface area contributed by atoms with Gasteiger partial charge in [-0.3, -0.25) is 9.59 Å². The molecular weight excluding hydrogens is 390 g/mol. The maximum absolute atomic E-state index is 12.0. The zero-order valence-electron chi connectivity index (χ0n) is 16.0. The molecule has 1 atom stereocenters. The third-order valence-electron chi connectivity index (χ3n) is 4.62. The van der Waals surface area contributed by atoms with Crippen molar-refractivity contribution in [1.82, 2.24) is 10.0 Å². The van der Waals surface area contributed by atoms with Crippen molar-refractivity contribution in [3.8, 4) is 0 Å². The van der Waals surface area contributed by atoms with Crippen LogP contribution in [0, 0.1) is 6.92 Å². The molecule has 3 N–H and O–H groups in total. The Morgan fingerprint density at radius 3 is 2.62 bits per heavy atom. The summed E-state index contributed by atoms with van der Waals surface area (Å²) < 4.78 is 26.3. The van der Waals surface area contributed by atoms with E-state index in [-0.39, 0.29) is 24.9 Å². The van der Waals surface area contributed by atoms with E-state index < -0.39 is 15.9 Å². The van der Waals surface area contributed by atoms with Crippen LogP contribution in [0.25, 0.3) is 6.08 Å². The summed E-state index contributed by atoms with van der Waals surface area (Å²) in [6.45, 7) is 1.85. The number of para-hydroxylation sites is 1. The summed E-state index contributed by atoms with van der Waals surface area (Å²) in [4.78, 5) is 24.0. The molecule has 3 rings (SSSR count). The second-order valence-electron chi connectivity index (χ2n) is 6.85. The minimum Gasteiger partial charge on any atom is -0.355 e. The summed E-state index contributed by atoms with van der Waals surface area (Å²) in [6.07, 6.45) is 1.91. The lowest BCUT2D eigenvalue weighted by molar-refractivity contribution is -0.120. The van der Waals surface area contributed by atoms with Crippen LogP contribution >= 0.6 is 0 Å². The van der Waals surface area contributed by atoms with Gasteiger partial charge in [0.1, 0.15) is 0 Å². The highest BCUT2D eigenvalue weighted by Crippen LogP contribution is 2.33. The summed E-state index contributed by atoms with van der Waals surface area (Å²) >= 11 is 0. The van der Waals surface area contributed by atoms with Crippen LogP contribution in [0.3, 0.4) is 0 Å². The first-order valence-corrected chi connectivity index (χ1v) is 10.8. The average molecular weight is 413 g/mol. The van der Waals surface area contributed by atoms with Crippen molar-refractivity contribution in [1.29, 1.82) is 0 Å². The number of carbonyl (C=O) groups excluding carboxylic acids is 2. The molecule has 2 aromatic rings. The van der Waals surface area contributed by atoms with Crippen molar-refractivity contribution in [2.45, 2.75) is 19.3 Å². The molecule has 2 amide bonds. The molecule has 1 aliphatic rings. The van der Waals surface area contributed by atoms with Crippen LogP contribution in [0.5, 0.6) is 0 Å². The van der Waals surface area contributed by atoms with Crippen molar-refractivity contribution in [3.63, 3.8) is 0 Å². The molecule has 0 spiro atoms. The third-order valence-corrected chi connectivity index (χ3v) is 5.66. The largest absolute Gasteiger partial charge is 0.355 e. The fourth-order valence-corrected chi connectivity index (χ4v) is 3.81. The molecular formula is C21H23N3O4S. The smallest absolute Gasteiger partial charge is 0.235 e. The van der Waals surface area contributed by atoms with Crippen LogP contribution in [-0.2, 0) is 19.6 Å². The van der Waals surface area contributed by atoms with Gasteiger partial charge < -0.3 is 10.6 Å². The van der Waals surface area contributed by atoms with E-state index in [1.165, 1.54) is 6.08 Å². The Morgan fingerprint density at radius 1 is 1.14 bits per heavy atom. The summed E-state index contributed by atoms with van der Waals surface area (Å²) in [7, 11) is -3.73. The van der Waals surface area contributed by atoms with Crippen LogP contribution in [-0.4, -0.2) is 33.3 Å². The summed E-state index contributed by atoms with van der Waals surface area (Å²) in [5.41, 5.74) is 3.54. The Morgan fingerprint density at radius 2 is 1.86 bits per heavy atom. The van der Waals surface area contributed by atoms with Crippen LogP contribution in [0.2, 0.25) is 0 Å². The first kappa shape index (κ1) is 20.8. The van der Waals surface area contributed by atoms with Gasteiger partial charge in [0.2, 0.25) is 21.8 Å². The fourth-order valence-electron chi connectivity index (χ4n) is 3.04. The molecule has 29 heavy (non-hydrogen) atoms. The van der Waals surface area contributed by atoms with Gasteiger partial charge >= 0.3 is 0 Å². The Labute approximate surface area is 170 Å². The van der Waals surface area contributed by atoms with Crippen molar-refractivity contribution in [2.75, 3.05) is 18.4 Å². The predicted molar refractivity (Wildman–Crippen MR) is 113 cm³/mol. The van der Waals surface area contributed by atoms with E-state index in [1.807, 2.05) is 55.5 Å². The van der Waals surface area contributed by atoms with E-state index in [0.717, 1.165) is 27.8 Å². The van der Waals surface area contributed by atoms with Crippen molar-refractivity contribution < 1.29 is 18.0 Å². The normalized spacial score (nSPS) is 15.9. The molecule has 0 radical (unpaired) electrons. The monoisotopic (exact) mass is 413 g/mol. The van der Waals surface area contributed by atoms with Crippen LogP contribution in [0.15, 0.2) is 53.9 Å². The molecule has 0 fully saturated rings. The molecule has 0 aliphatic carbocycles. The number of fused-ring (bicyclic) bond motifs is 1. The Balaban J connectivity index is 1.44. The number of benzene rings is 2. The molecule has 1 heterocycles. The molecule has 7 nitrogen and oxygen atoms in total. The first-order valence-electron chi connectivity index (χ1n) is 9.25. The number of amides is 2. The van der Waals surface area contributed by atoms with Gasteiger partial charge in [0.15, 0.2) is 0 Å². The molecule has 1 unspecified atom stereocenters. The summed E-state index contributed by atoms with van der Waals surface area (Å²) in [5, 5.41) is 6.49. The molecule has 0 saturated heterocycles. The van der Waals surface area contributed by atoms with E-state index in [9.17, 15) is 18.0 Å². The van der Waals surface area contributed by atoms with Gasteiger partial charge in [0, 0.05) is 17.6 Å². The molecule has 8 heteroatoms. The van der Waals surface area contributed by atoms with Gasteiger partial charge in [0.25, 0.3) is 0 Å². The standard InChI is InChI=1S/C21H23N3O4S/c1-15-6-8-16(9-7-15)11-13-29(27,28)23-14-20(25)22-12-10-18-17-4-2-3-5-19(17)24-21(18)26/h2-9,11,13,18,23H,10,12,14H2,1H3,(H,22,25)(H,24,26)/b13-11+. The molecule has 2 aromatic carbocycles. The van der Waals surface area contributed by atoms with E-state index in [0.29, 0.717) is 6.42 Å². The summed E-state index contributed by atoms with van der Waals surface area (Å²) in [6, 6.07) is 14.8. The quantitative estimate of drug-likeness (QED) is 0.617. The van der Waals surface area contributed by atoms with E-state index in [2.05, 4.69) is 15.4 Å². The van der Waals surface area contributed by atoms with Crippen molar-refractivity contribution in [2.24, 2.45) is 0 Å². The summed E-state index contributed by atoms with van der Waals surface area (Å²) in [5.74, 6) is -0.868. The minimum absolute atomic E-state index is 0.0950. The number of rotatable bonds is 8. The zero-order chi connectivity index (χ0) is 20.9. The van der Waals surface area contributed by atoms with Gasteiger partial charge in [-0.2, -0.15) is 0 Å². The lowest BCUT2D eigenvalue weighted by Crippen LogP contribution is -2.37. The number of carbonyl (C=O) groups is 2. The van der Waals surface area contributed by atoms with Gasteiger partial charge in [-0.25, -0.2) is 13.1 Å². The van der Waals surface area contributed by atoms with E-state index in [1.54, 1.807) is 0 Å². The minimum atomic E-state index is -3.73. The van der Waals surface area contributed by atoms with Gasteiger partial charge in [0.05, 0.1) is 12.5 Å². The first-order chi connectivity index (χ1) is 13.8. The van der Waals surface area contributed by atoms with E-state index >= 15 is 0 Å². The number of hydrogen-bond donors (Lipinski definition) is 3. The maximum Gasteiger partial charge on any atom is 0.235 e. The highest BCUT2D eigenvalue weighted by molar-refractivity contribution is 7.92. The SMILES string of the molecule is Cc1ccc(/C=C/S(=O)(=O)NCC(=O)NCCC2C(=O)Nc3ccccc32)cc1. The van der Waals surface area contributed by atoms with Gasteiger partial charge in [-0.1, -0.05) is 48.0 Å². The van der Waals surface area contributed by atoms with E-state index in [4.69, 9.17) is 0 Å². The molecule has 0 saturated carbocycles. The second-order valence-corrected chi connectivity index (χ2v) is 8.50. The van der Waals surface area contributed by atoms with Crippen LogP contribution < -0.4 is 15.4 Å². The predicted octanol–water partition coefficient (Wildman–Crippen LogP) is 2.13. The highest BCUT2D eigenvalue weighted by atomic mass is 32.2. The lowest BCUT2D eigenvalue weighted by Gasteiger charge is -2.10. The molecule has 0 bridgehead atoms. The number of anilines is 1. The molecule has 152 valence electrons. The van der Waals surface area contributed by atoms with Crippen molar-refractivity contribution >= 4 is 33.6 Å². The van der Waals surface area contributed by atoms with Crippen molar-refractivity contribution in [3.05, 3.63) is 70.6 Å². The Kier molecular flexibility index (Phi) is 6.46. The maximum atomic E-state index is 12.0. The number of nitrogens with one attached hydrogen (secondary N) is 3. The highest BCUT2D eigenvalue weighted by Gasteiger charge is 2.29. The zero-order valence-corrected chi connectivity index (χ0v) is 16.8. The number of hydrogen-bond acceptors (Lipinski definition) is 4. The molecule has 0 aromatic heterocycles. The lowest BCUT2D eigenvalue weighted by atomic mass is 9.97. The third kappa shape index (κ3) is 5.75. The van der Waals surface area contributed by atoms with Gasteiger partial charge in [-0.15, -0.1) is 0 Å². The fraction of sp³-hybridized carbons (Fsp3) is 0.238. The molecule has 1 aliphatic heterocycles. The number of aryl methyl sites for hydroxylation is 1. The topological polar surface area (TPSA) is 104 Å². The number of sulfonamides is 1.